The highest BCUT2D eigenvalue weighted by atomic mass is 16.7. The molecule has 0 amide bonds. The zero-order chi connectivity index (χ0) is 21.8. The minimum absolute atomic E-state index is 0.0942. The van der Waals surface area contributed by atoms with Gasteiger partial charge < -0.3 is 19.1 Å². The maximum atomic E-state index is 5.60. The molecule has 2 atom stereocenters. The van der Waals surface area contributed by atoms with Crippen molar-refractivity contribution >= 4 is 11.4 Å². The van der Waals surface area contributed by atoms with E-state index in [2.05, 4.69) is 68.3 Å². The number of methoxy groups -OCH3 is 1. The van der Waals surface area contributed by atoms with Crippen LogP contribution in [0.1, 0.15) is 44.7 Å². The first-order chi connectivity index (χ1) is 15.1. The van der Waals surface area contributed by atoms with E-state index in [1.165, 1.54) is 11.1 Å². The van der Waals surface area contributed by atoms with E-state index in [1.807, 2.05) is 12.1 Å². The van der Waals surface area contributed by atoms with Crippen molar-refractivity contribution in [3.8, 4) is 11.5 Å². The number of aliphatic imine (C=N–C) groups is 1. The average molecular weight is 421 g/mol. The second-order valence-corrected chi connectivity index (χ2v) is 8.60. The molecule has 2 aliphatic heterocycles. The zero-order valence-corrected chi connectivity index (χ0v) is 18.9. The summed E-state index contributed by atoms with van der Waals surface area (Å²) in [5.74, 6) is 3.02. The summed E-state index contributed by atoms with van der Waals surface area (Å²) in [4.78, 5) is 7.56. The largest absolute Gasteiger partial charge is 0.454 e. The van der Waals surface area contributed by atoms with Gasteiger partial charge in [0.1, 0.15) is 5.84 Å². The summed E-state index contributed by atoms with van der Waals surface area (Å²) in [7, 11) is 1.74. The first-order valence-corrected chi connectivity index (χ1v) is 11.1. The SMILES string of the molecule is COC[C@@H](N=C(c1ccccc1)N1C=C(c2ccc3c(c2)OCO3)CC[C@H]1C)C(C)C. The molecule has 0 bridgehead atoms. The fourth-order valence-corrected chi connectivity index (χ4v) is 4.03. The van der Waals surface area contributed by atoms with E-state index in [0.717, 1.165) is 35.7 Å². The Balaban J connectivity index is 1.74. The molecule has 0 aromatic heterocycles. The Kier molecular flexibility index (Phi) is 6.62. The van der Waals surface area contributed by atoms with Crippen molar-refractivity contribution in [2.24, 2.45) is 10.9 Å². The summed E-state index contributed by atoms with van der Waals surface area (Å²) in [5, 5.41) is 0. The van der Waals surface area contributed by atoms with Gasteiger partial charge in [-0.15, -0.1) is 0 Å². The molecule has 2 heterocycles. The lowest BCUT2D eigenvalue weighted by Crippen LogP contribution is -2.39. The second kappa shape index (κ2) is 9.56. The molecule has 5 nitrogen and oxygen atoms in total. The highest BCUT2D eigenvalue weighted by Gasteiger charge is 2.26. The van der Waals surface area contributed by atoms with Gasteiger partial charge in [0.15, 0.2) is 11.5 Å². The molecule has 0 aliphatic carbocycles. The Morgan fingerprint density at radius 3 is 2.65 bits per heavy atom. The molecular weight excluding hydrogens is 388 g/mol. The summed E-state index contributed by atoms with van der Waals surface area (Å²) in [5.41, 5.74) is 3.58. The first-order valence-electron chi connectivity index (χ1n) is 11.1. The van der Waals surface area contributed by atoms with Gasteiger partial charge in [0.2, 0.25) is 6.79 Å². The Bertz CT molecular complexity index is 952. The molecule has 4 rings (SSSR count). The Morgan fingerprint density at radius 2 is 1.90 bits per heavy atom. The number of ether oxygens (including phenoxy) is 3. The molecule has 31 heavy (non-hydrogen) atoms. The summed E-state index contributed by atoms with van der Waals surface area (Å²) in [6.07, 6.45) is 4.34. The van der Waals surface area contributed by atoms with Crippen LogP contribution >= 0.6 is 0 Å². The van der Waals surface area contributed by atoms with Gasteiger partial charge in [-0.1, -0.05) is 50.2 Å². The summed E-state index contributed by atoms with van der Waals surface area (Å²) < 4.78 is 16.6. The van der Waals surface area contributed by atoms with Crippen molar-refractivity contribution in [2.75, 3.05) is 20.5 Å². The highest BCUT2D eigenvalue weighted by Crippen LogP contribution is 2.37. The monoisotopic (exact) mass is 420 g/mol. The van der Waals surface area contributed by atoms with Gasteiger partial charge in [-0.3, -0.25) is 4.99 Å². The van der Waals surface area contributed by atoms with Crippen molar-refractivity contribution in [1.29, 1.82) is 0 Å². The number of nitrogens with zero attached hydrogens (tertiary/aromatic N) is 2. The third kappa shape index (κ3) is 4.77. The van der Waals surface area contributed by atoms with Crippen molar-refractivity contribution in [3.05, 3.63) is 65.9 Å². The molecule has 0 saturated heterocycles. The molecular formula is C26H32N2O3. The van der Waals surface area contributed by atoms with Crippen molar-refractivity contribution < 1.29 is 14.2 Å². The molecule has 0 unspecified atom stereocenters. The highest BCUT2D eigenvalue weighted by molar-refractivity contribution is 6.00. The molecule has 0 radical (unpaired) electrons. The smallest absolute Gasteiger partial charge is 0.231 e. The zero-order valence-electron chi connectivity index (χ0n) is 18.9. The van der Waals surface area contributed by atoms with Crippen molar-refractivity contribution in [3.63, 3.8) is 0 Å². The van der Waals surface area contributed by atoms with Crippen LogP contribution in [-0.2, 0) is 4.74 Å². The molecule has 0 N–H and O–H groups in total. The number of hydrogen-bond donors (Lipinski definition) is 0. The molecule has 0 spiro atoms. The van der Waals surface area contributed by atoms with Crippen LogP contribution in [-0.4, -0.2) is 43.3 Å². The molecule has 5 heteroatoms. The fraction of sp³-hybridized carbons (Fsp3) is 0.423. The molecule has 2 aromatic carbocycles. The average Bonchev–Trinajstić information content (AvgIpc) is 3.25. The summed E-state index contributed by atoms with van der Waals surface area (Å²) in [6.45, 7) is 7.57. The van der Waals surface area contributed by atoms with Gasteiger partial charge in [-0.25, -0.2) is 0 Å². The van der Waals surface area contributed by atoms with Crippen LogP contribution in [0.2, 0.25) is 0 Å². The maximum Gasteiger partial charge on any atom is 0.231 e. The van der Waals surface area contributed by atoms with Gasteiger partial charge in [-0.2, -0.15) is 0 Å². The third-order valence-corrected chi connectivity index (χ3v) is 6.02. The number of hydrogen-bond acceptors (Lipinski definition) is 4. The van der Waals surface area contributed by atoms with Gasteiger partial charge in [-0.05, 0) is 49.0 Å². The van der Waals surface area contributed by atoms with Gasteiger partial charge in [0, 0.05) is 24.9 Å². The predicted octanol–water partition coefficient (Wildman–Crippen LogP) is 5.36. The van der Waals surface area contributed by atoms with E-state index < -0.39 is 0 Å². The summed E-state index contributed by atoms with van der Waals surface area (Å²) >= 11 is 0. The minimum atomic E-state index is 0.0942. The quantitative estimate of drug-likeness (QED) is 0.466. The normalized spacial score (nSPS) is 19.5. The van der Waals surface area contributed by atoms with Gasteiger partial charge in [0.25, 0.3) is 0 Å². The summed E-state index contributed by atoms with van der Waals surface area (Å²) in [6, 6.07) is 17.1. The third-order valence-electron chi connectivity index (χ3n) is 6.02. The van der Waals surface area contributed by atoms with Crippen LogP contribution in [0, 0.1) is 5.92 Å². The number of amidine groups is 1. The predicted molar refractivity (Wildman–Crippen MR) is 125 cm³/mol. The standard InChI is InChI=1S/C26H32N2O3/c1-18(2)23(16-29-4)27-26(20-8-6-5-7-9-20)28-15-22(11-10-19(28)3)21-12-13-24-25(14-21)31-17-30-24/h5-9,12-15,18-19,23H,10-11,16-17H2,1-4H3/t19-,23-/m1/s1. The lowest BCUT2D eigenvalue weighted by Gasteiger charge is -2.35. The van der Waals surface area contributed by atoms with Crippen LogP contribution in [0.25, 0.3) is 5.57 Å². The molecule has 0 saturated carbocycles. The maximum absolute atomic E-state index is 5.60. The van der Waals surface area contributed by atoms with Crippen molar-refractivity contribution in [1.82, 2.24) is 4.90 Å². The molecule has 0 fully saturated rings. The Labute approximate surface area is 185 Å². The van der Waals surface area contributed by atoms with Crippen LogP contribution in [0.15, 0.2) is 59.7 Å². The van der Waals surface area contributed by atoms with Gasteiger partial charge >= 0.3 is 0 Å². The number of benzene rings is 2. The van der Waals surface area contributed by atoms with E-state index in [9.17, 15) is 0 Å². The molecule has 2 aromatic rings. The van der Waals surface area contributed by atoms with Crippen molar-refractivity contribution in [2.45, 2.75) is 45.7 Å². The van der Waals surface area contributed by atoms with E-state index in [-0.39, 0.29) is 6.04 Å². The van der Waals surface area contributed by atoms with Crippen LogP contribution in [0.3, 0.4) is 0 Å². The fourth-order valence-electron chi connectivity index (χ4n) is 4.03. The van der Waals surface area contributed by atoms with Crippen LogP contribution in [0.4, 0.5) is 0 Å². The van der Waals surface area contributed by atoms with E-state index >= 15 is 0 Å². The lowest BCUT2D eigenvalue weighted by molar-refractivity contribution is 0.164. The lowest BCUT2D eigenvalue weighted by atomic mass is 9.94. The van der Waals surface area contributed by atoms with Crippen LogP contribution < -0.4 is 9.47 Å². The van der Waals surface area contributed by atoms with E-state index in [1.54, 1.807) is 7.11 Å². The molecule has 2 aliphatic rings. The Morgan fingerprint density at radius 1 is 1.13 bits per heavy atom. The number of allylic oxidation sites excluding steroid dienone is 1. The first kappa shape index (κ1) is 21.4. The van der Waals surface area contributed by atoms with E-state index in [4.69, 9.17) is 19.2 Å². The minimum Gasteiger partial charge on any atom is -0.454 e. The van der Waals surface area contributed by atoms with Gasteiger partial charge in [0.05, 0.1) is 12.6 Å². The topological polar surface area (TPSA) is 43.3 Å². The van der Waals surface area contributed by atoms with Crippen LogP contribution in [0.5, 0.6) is 11.5 Å². The Hall–Kier alpha value is -2.79. The second-order valence-electron chi connectivity index (χ2n) is 8.60. The molecule has 164 valence electrons. The number of fused-ring (bicyclic) bond motifs is 1. The van der Waals surface area contributed by atoms with E-state index in [0.29, 0.717) is 25.4 Å². The number of rotatable bonds is 6.